The molecule has 4 heterocycles. The van der Waals surface area contributed by atoms with E-state index >= 15 is 0 Å². The zero-order valence-corrected chi connectivity index (χ0v) is 19.8. The first-order valence-electron chi connectivity index (χ1n) is 12.0. The molecule has 0 spiro atoms. The maximum absolute atomic E-state index is 5.58. The Morgan fingerprint density at radius 3 is 1.88 bits per heavy atom. The molecule has 3 fully saturated rings. The lowest BCUT2D eigenvalue weighted by molar-refractivity contribution is 0.122. The lowest BCUT2D eigenvalue weighted by Gasteiger charge is -2.45. The van der Waals surface area contributed by atoms with E-state index in [-0.39, 0.29) is 6.17 Å². The molecular formula is C24H35N7O2. The van der Waals surface area contributed by atoms with Crippen molar-refractivity contribution in [3.05, 3.63) is 36.4 Å². The fourth-order valence-electron chi connectivity index (χ4n) is 4.76. The normalized spacial score (nSPS) is 22.2. The van der Waals surface area contributed by atoms with Gasteiger partial charge in [-0.15, -0.1) is 0 Å². The van der Waals surface area contributed by atoms with Gasteiger partial charge < -0.3 is 29.1 Å². The third-order valence-corrected chi connectivity index (χ3v) is 6.69. The number of nitrogens with zero attached hydrogens (tertiary/aromatic N) is 7. The molecule has 1 aromatic heterocycles. The average Bonchev–Trinajstić information content (AvgIpc) is 2.89. The molecule has 9 nitrogen and oxygen atoms in total. The van der Waals surface area contributed by atoms with Crippen molar-refractivity contribution in [2.75, 3.05) is 106 Å². The first-order valence-corrected chi connectivity index (χ1v) is 12.0. The van der Waals surface area contributed by atoms with Gasteiger partial charge in [-0.05, 0) is 26.2 Å². The number of hydrogen-bond acceptors (Lipinski definition) is 9. The molecule has 0 saturated carbocycles. The van der Waals surface area contributed by atoms with Crippen molar-refractivity contribution in [2.24, 2.45) is 0 Å². The number of aromatic nitrogens is 2. The van der Waals surface area contributed by atoms with Gasteiger partial charge in [0.25, 0.3) is 0 Å². The van der Waals surface area contributed by atoms with Crippen LogP contribution in [0.1, 0.15) is 0 Å². The second kappa shape index (κ2) is 10.1. The van der Waals surface area contributed by atoms with Crippen molar-refractivity contribution in [2.45, 2.75) is 6.17 Å². The van der Waals surface area contributed by atoms with Crippen LogP contribution < -0.4 is 19.6 Å². The number of anilines is 4. The predicted molar refractivity (Wildman–Crippen MR) is 132 cm³/mol. The van der Waals surface area contributed by atoms with Gasteiger partial charge >= 0.3 is 0 Å². The van der Waals surface area contributed by atoms with E-state index < -0.39 is 0 Å². The van der Waals surface area contributed by atoms with Gasteiger partial charge in [-0.2, -0.15) is 9.97 Å². The van der Waals surface area contributed by atoms with Crippen LogP contribution in [0.5, 0.6) is 0 Å². The van der Waals surface area contributed by atoms with Crippen LogP contribution in [0.25, 0.3) is 0 Å². The van der Waals surface area contributed by atoms with Gasteiger partial charge in [-0.1, -0.05) is 18.2 Å². The molecule has 3 aliphatic rings. The number of benzene rings is 1. The average molecular weight is 454 g/mol. The van der Waals surface area contributed by atoms with Gasteiger partial charge in [0.05, 0.1) is 33.0 Å². The van der Waals surface area contributed by atoms with E-state index in [1.54, 1.807) is 0 Å². The smallest absolute Gasteiger partial charge is 0.230 e. The van der Waals surface area contributed by atoms with Gasteiger partial charge in [0.2, 0.25) is 5.95 Å². The highest BCUT2D eigenvalue weighted by Gasteiger charge is 2.32. The van der Waals surface area contributed by atoms with Crippen molar-refractivity contribution in [3.8, 4) is 0 Å². The summed E-state index contributed by atoms with van der Waals surface area (Å²) in [5, 5.41) is 0. The van der Waals surface area contributed by atoms with E-state index in [1.165, 1.54) is 5.69 Å². The third-order valence-electron chi connectivity index (χ3n) is 6.69. The molecule has 1 aromatic carbocycles. The molecule has 33 heavy (non-hydrogen) atoms. The van der Waals surface area contributed by atoms with E-state index in [9.17, 15) is 0 Å². The minimum atomic E-state index is 0.177. The standard InChI is InChI=1S/C24H35N7O2/c1-27(2)23-19-30(20-6-4-3-5-7-20)8-9-31(23)24-25-21(28-10-14-32-15-11-28)18-22(26-24)29-12-16-33-17-13-29/h3-7,18,23H,8-17,19H2,1-2H3. The molecule has 1 unspecified atom stereocenters. The molecule has 3 saturated heterocycles. The van der Waals surface area contributed by atoms with E-state index in [0.717, 1.165) is 89.8 Å². The summed E-state index contributed by atoms with van der Waals surface area (Å²) < 4.78 is 11.2. The van der Waals surface area contributed by atoms with Crippen LogP contribution >= 0.6 is 0 Å². The Kier molecular flexibility index (Phi) is 6.80. The number of hydrogen-bond donors (Lipinski definition) is 0. The molecule has 9 heteroatoms. The van der Waals surface area contributed by atoms with Crippen molar-refractivity contribution in [1.82, 2.24) is 14.9 Å². The van der Waals surface area contributed by atoms with Crippen LogP contribution in [0.4, 0.5) is 23.3 Å². The molecule has 0 radical (unpaired) electrons. The first-order chi connectivity index (χ1) is 16.2. The fourth-order valence-corrected chi connectivity index (χ4v) is 4.76. The maximum atomic E-state index is 5.58. The lowest BCUT2D eigenvalue weighted by Crippen LogP contribution is -2.59. The van der Waals surface area contributed by atoms with Crippen molar-refractivity contribution < 1.29 is 9.47 Å². The van der Waals surface area contributed by atoms with Crippen LogP contribution in [0.15, 0.2) is 36.4 Å². The van der Waals surface area contributed by atoms with Crippen LogP contribution in [0.2, 0.25) is 0 Å². The summed E-state index contributed by atoms with van der Waals surface area (Å²) in [5.74, 6) is 2.80. The third kappa shape index (κ3) is 5.00. The summed E-state index contributed by atoms with van der Waals surface area (Å²) in [7, 11) is 4.28. The quantitative estimate of drug-likeness (QED) is 0.668. The Morgan fingerprint density at radius 2 is 1.33 bits per heavy atom. The molecule has 0 N–H and O–H groups in total. The summed E-state index contributed by atoms with van der Waals surface area (Å²) in [6.45, 7) is 9.09. The van der Waals surface area contributed by atoms with Crippen LogP contribution in [0.3, 0.4) is 0 Å². The van der Waals surface area contributed by atoms with E-state index in [0.29, 0.717) is 0 Å². The van der Waals surface area contributed by atoms with E-state index in [2.05, 4.69) is 75.0 Å². The summed E-state index contributed by atoms with van der Waals surface area (Å²) in [5.41, 5.74) is 1.26. The minimum Gasteiger partial charge on any atom is -0.378 e. The highest BCUT2D eigenvalue weighted by Crippen LogP contribution is 2.28. The topological polar surface area (TPSA) is 60.4 Å². The van der Waals surface area contributed by atoms with Gasteiger partial charge in [0.15, 0.2) is 0 Å². The number of para-hydroxylation sites is 1. The zero-order valence-electron chi connectivity index (χ0n) is 19.8. The Morgan fingerprint density at radius 1 is 0.758 bits per heavy atom. The first kappa shape index (κ1) is 22.2. The minimum absolute atomic E-state index is 0.177. The molecular weight excluding hydrogens is 418 g/mol. The fraction of sp³-hybridized carbons (Fsp3) is 0.583. The van der Waals surface area contributed by atoms with Gasteiger partial charge in [-0.25, -0.2) is 0 Å². The second-order valence-corrected chi connectivity index (χ2v) is 9.00. The van der Waals surface area contributed by atoms with Gasteiger partial charge in [-0.3, -0.25) is 4.90 Å². The summed E-state index contributed by atoms with van der Waals surface area (Å²) in [6.07, 6.45) is 0.177. The number of ether oxygens (including phenoxy) is 2. The Balaban J connectivity index is 1.45. The molecule has 0 amide bonds. The van der Waals surface area contributed by atoms with Gasteiger partial charge in [0, 0.05) is 51.0 Å². The lowest BCUT2D eigenvalue weighted by atomic mass is 10.2. The molecule has 0 aliphatic carbocycles. The number of morpholine rings is 2. The molecule has 0 bridgehead atoms. The molecule has 5 rings (SSSR count). The Bertz CT molecular complexity index is 865. The summed E-state index contributed by atoms with van der Waals surface area (Å²) in [4.78, 5) is 21.9. The van der Waals surface area contributed by atoms with Crippen LogP contribution in [-0.4, -0.2) is 107 Å². The molecule has 2 aromatic rings. The van der Waals surface area contributed by atoms with Crippen LogP contribution in [-0.2, 0) is 9.47 Å². The maximum Gasteiger partial charge on any atom is 0.230 e. The highest BCUT2D eigenvalue weighted by atomic mass is 16.5. The molecule has 178 valence electrons. The number of piperazine rings is 1. The highest BCUT2D eigenvalue weighted by molar-refractivity contribution is 5.57. The van der Waals surface area contributed by atoms with E-state index in [4.69, 9.17) is 19.4 Å². The molecule has 3 aliphatic heterocycles. The van der Waals surface area contributed by atoms with Crippen molar-refractivity contribution in [1.29, 1.82) is 0 Å². The monoisotopic (exact) mass is 453 g/mol. The Labute approximate surface area is 196 Å². The molecule has 1 atom stereocenters. The largest absolute Gasteiger partial charge is 0.378 e. The summed E-state index contributed by atoms with van der Waals surface area (Å²) >= 11 is 0. The number of rotatable bonds is 5. The van der Waals surface area contributed by atoms with Gasteiger partial charge in [0.1, 0.15) is 17.8 Å². The summed E-state index contributed by atoms with van der Waals surface area (Å²) in [6, 6.07) is 12.8. The zero-order chi connectivity index (χ0) is 22.6. The predicted octanol–water partition coefficient (Wildman–Crippen LogP) is 1.36. The number of likely N-dealkylation sites (N-methyl/N-ethyl adjacent to an activating group) is 1. The SMILES string of the molecule is CN(C)C1CN(c2ccccc2)CCN1c1nc(N2CCOCC2)cc(N2CCOCC2)n1. The van der Waals surface area contributed by atoms with Crippen molar-refractivity contribution in [3.63, 3.8) is 0 Å². The van der Waals surface area contributed by atoms with Crippen molar-refractivity contribution >= 4 is 23.3 Å². The second-order valence-electron chi connectivity index (χ2n) is 9.00. The Hall–Kier alpha value is -2.62. The van der Waals surface area contributed by atoms with E-state index in [1.807, 2.05) is 0 Å². The van der Waals surface area contributed by atoms with Crippen LogP contribution in [0, 0.1) is 0 Å².